The molecule has 0 aromatic rings. The molecule has 3 N–H and O–H groups in total. The first-order chi connectivity index (χ1) is 8.03. The van der Waals surface area contributed by atoms with Gasteiger partial charge in [-0.05, 0) is 18.3 Å². The highest BCUT2D eigenvalue weighted by molar-refractivity contribution is 6.02. The van der Waals surface area contributed by atoms with Crippen LogP contribution in [0.25, 0.3) is 0 Å². The predicted molar refractivity (Wildman–Crippen MR) is 73.4 cm³/mol. The van der Waals surface area contributed by atoms with Gasteiger partial charge in [0.25, 0.3) is 0 Å². The van der Waals surface area contributed by atoms with Crippen LogP contribution in [0.4, 0.5) is 0 Å². The Balaban J connectivity index is 5.12. The SMILES string of the molecule is CC(C)C(C(=O)N(C)C(C)C(C)(C)C)C(N)=NO. The average molecular weight is 257 g/mol. The van der Waals surface area contributed by atoms with Crippen LogP contribution in [0.3, 0.4) is 0 Å². The zero-order valence-corrected chi connectivity index (χ0v) is 12.6. The molecule has 0 saturated carbocycles. The summed E-state index contributed by atoms with van der Waals surface area (Å²) < 4.78 is 0. The standard InChI is InChI=1S/C13H27N3O2/c1-8(2)10(11(14)15-18)12(17)16(7)9(3)13(4,5)6/h8-10,18H,1-7H3,(H2,14,15). The van der Waals surface area contributed by atoms with Crippen molar-refractivity contribution in [1.29, 1.82) is 0 Å². The molecule has 0 aliphatic carbocycles. The third-order valence-corrected chi connectivity index (χ3v) is 3.55. The number of nitrogens with zero attached hydrogens (tertiary/aromatic N) is 2. The van der Waals surface area contributed by atoms with Gasteiger partial charge in [-0.25, -0.2) is 0 Å². The second-order valence-corrected chi connectivity index (χ2v) is 6.24. The number of hydrogen-bond acceptors (Lipinski definition) is 3. The molecule has 0 fully saturated rings. The van der Waals surface area contributed by atoms with Crippen LogP contribution in [0.1, 0.15) is 41.5 Å². The van der Waals surface area contributed by atoms with Crippen molar-refractivity contribution >= 4 is 11.7 Å². The zero-order valence-electron chi connectivity index (χ0n) is 12.6. The van der Waals surface area contributed by atoms with E-state index in [1.165, 1.54) is 0 Å². The van der Waals surface area contributed by atoms with Crippen LogP contribution >= 0.6 is 0 Å². The molecule has 106 valence electrons. The molecule has 5 nitrogen and oxygen atoms in total. The van der Waals surface area contributed by atoms with Crippen molar-refractivity contribution in [2.75, 3.05) is 7.05 Å². The van der Waals surface area contributed by atoms with Crippen LogP contribution in [-0.4, -0.2) is 34.9 Å². The molecule has 0 bridgehead atoms. The molecular weight excluding hydrogens is 230 g/mol. The molecule has 0 rings (SSSR count). The van der Waals surface area contributed by atoms with E-state index in [1.54, 1.807) is 11.9 Å². The van der Waals surface area contributed by atoms with Gasteiger partial charge in [0.15, 0.2) is 5.84 Å². The van der Waals surface area contributed by atoms with Gasteiger partial charge in [0.2, 0.25) is 5.91 Å². The smallest absolute Gasteiger partial charge is 0.233 e. The quantitative estimate of drug-likeness (QED) is 0.349. The van der Waals surface area contributed by atoms with E-state index < -0.39 is 5.92 Å². The first-order valence-corrected chi connectivity index (χ1v) is 6.28. The lowest BCUT2D eigenvalue weighted by Crippen LogP contribution is -2.49. The summed E-state index contributed by atoms with van der Waals surface area (Å²) in [6, 6.07) is 0.0674. The van der Waals surface area contributed by atoms with Gasteiger partial charge in [-0.2, -0.15) is 0 Å². The maximum Gasteiger partial charge on any atom is 0.233 e. The number of nitrogens with two attached hydrogens (primary N) is 1. The lowest BCUT2D eigenvalue weighted by atomic mass is 9.85. The number of carbonyl (C=O) groups is 1. The summed E-state index contributed by atoms with van der Waals surface area (Å²) in [5, 5.41) is 11.8. The highest BCUT2D eigenvalue weighted by Gasteiger charge is 2.34. The largest absolute Gasteiger partial charge is 0.409 e. The number of carbonyl (C=O) groups excluding carboxylic acids is 1. The highest BCUT2D eigenvalue weighted by atomic mass is 16.4. The van der Waals surface area contributed by atoms with Gasteiger partial charge >= 0.3 is 0 Å². The zero-order chi connectivity index (χ0) is 14.7. The van der Waals surface area contributed by atoms with Crippen molar-refractivity contribution in [2.24, 2.45) is 28.1 Å². The van der Waals surface area contributed by atoms with Gasteiger partial charge in [-0.3, -0.25) is 4.79 Å². The summed E-state index contributed by atoms with van der Waals surface area (Å²) in [5.74, 6) is -0.724. The Morgan fingerprint density at radius 2 is 1.72 bits per heavy atom. The Kier molecular flexibility index (Phi) is 5.64. The average Bonchev–Trinajstić information content (AvgIpc) is 2.24. The Hall–Kier alpha value is -1.26. The number of hydrogen-bond donors (Lipinski definition) is 2. The molecule has 0 aliphatic heterocycles. The molecule has 0 heterocycles. The van der Waals surface area contributed by atoms with Gasteiger partial charge in [0.1, 0.15) is 5.92 Å². The summed E-state index contributed by atoms with van der Waals surface area (Å²) in [4.78, 5) is 14.1. The van der Waals surface area contributed by atoms with E-state index in [9.17, 15) is 4.79 Å². The highest BCUT2D eigenvalue weighted by Crippen LogP contribution is 2.25. The summed E-state index contributed by atoms with van der Waals surface area (Å²) >= 11 is 0. The van der Waals surface area contributed by atoms with Crippen LogP contribution in [-0.2, 0) is 4.79 Å². The molecule has 18 heavy (non-hydrogen) atoms. The van der Waals surface area contributed by atoms with Gasteiger partial charge in [0, 0.05) is 13.1 Å². The fraction of sp³-hybridized carbons (Fsp3) is 0.846. The van der Waals surface area contributed by atoms with Crippen molar-refractivity contribution in [3.63, 3.8) is 0 Å². The first kappa shape index (κ1) is 16.7. The summed E-state index contributed by atoms with van der Waals surface area (Å²) in [6.07, 6.45) is 0. The summed E-state index contributed by atoms with van der Waals surface area (Å²) in [5.41, 5.74) is 5.60. The van der Waals surface area contributed by atoms with Crippen LogP contribution in [0.15, 0.2) is 5.16 Å². The monoisotopic (exact) mass is 257 g/mol. The predicted octanol–water partition coefficient (Wildman–Crippen LogP) is 1.90. The molecule has 1 amide bonds. The van der Waals surface area contributed by atoms with E-state index >= 15 is 0 Å². The Morgan fingerprint density at radius 3 is 2.00 bits per heavy atom. The van der Waals surface area contributed by atoms with Crippen molar-refractivity contribution in [3.8, 4) is 0 Å². The minimum Gasteiger partial charge on any atom is -0.409 e. The van der Waals surface area contributed by atoms with Gasteiger partial charge in [-0.15, -0.1) is 0 Å². The van der Waals surface area contributed by atoms with Gasteiger partial charge in [0.05, 0.1) is 0 Å². The molecule has 0 radical (unpaired) electrons. The third-order valence-electron chi connectivity index (χ3n) is 3.55. The minimum absolute atomic E-state index is 0.0111. The normalized spacial score (nSPS) is 16.6. The fourth-order valence-corrected chi connectivity index (χ4v) is 1.81. The second kappa shape index (κ2) is 6.07. The second-order valence-electron chi connectivity index (χ2n) is 6.24. The van der Waals surface area contributed by atoms with E-state index in [0.717, 1.165) is 0 Å². The Bertz CT molecular complexity index is 319. The van der Waals surface area contributed by atoms with Crippen molar-refractivity contribution in [1.82, 2.24) is 4.90 Å². The maximum atomic E-state index is 12.4. The molecule has 0 aliphatic rings. The first-order valence-electron chi connectivity index (χ1n) is 6.28. The van der Waals surface area contributed by atoms with Crippen LogP contribution in [0.5, 0.6) is 0 Å². The van der Waals surface area contributed by atoms with Crippen LogP contribution in [0, 0.1) is 17.3 Å². The Labute approximate surface area is 110 Å². The summed E-state index contributed by atoms with van der Waals surface area (Å²) in [7, 11) is 1.76. The minimum atomic E-state index is -0.579. The number of oxime groups is 1. The van der Waals surface area contributed by atoms with Gasteiger partial charge < -0.3 is 15.8 Å². The molecular formula is C13H27N3O2. The number of amides is 1. The lowest BCUT2D eigenvalue weighted by molar-refractivity contribution is -0.137. The molecule has 2 unspecified atom stereocenters. The van der Waals surface area contributed by atoms with E-state index in [4.69, 9.17) is 10.9 Å². The van der Waals surface area contributed by atoms with E-state index in [-0.39, 0.29) is 29.1 Å². The van der Waals surface area contributed by atoms with E-state index in [2.05, 4.69) is 25.9 Å². The van der Waals surface area contributed by atoms with Crippen LogP contribution < -0.4 is 5.73 Å². The third kappa shape index (κ3) is 3.89. The lowest BCUT2D eigenvalue weighted by Gasteiger charge is -2.37. The molecule has 0 aromatic heterocycles. The molecule has 0 spiro atoms. The molecule has 5 heteroatoms. The summed E-state index contributed by atoms with van der Waals surface area (Å²) in [6.45, 7) is 12.0. The van der Waals surface area contributed by atoms with Crippen molar-refractivity contribution < 1.29 is 10.0 Å². The van der Waals surface area contributed by atoms with Crippen LogP contribution in [0.2, 0.25) is 0 Å². The van der Waals surface area contributed by atoms with Gasteiger partial charge in [-0.1, -0.05) is 39.8 Å². The fourth-order valence-electron chi connectivity index (χ4n) is 1.81. The Morgan fingerprint density at radius 1 is 1.28 bits per heavy atom. The molecule has 0 saturated heterocycles. The number of rotatable bonds is 4. The van der Waals surface area contributed by atoms with E-state index in [1.807, 2.05) is 20.8 Å². The molecule has 2 atom stereocenters. The number of amidine groups is 1. The topological polar surface area (TPSA) is 78.9 Å². The molecule has 0 aromatic carbocycles. The van der Waals surface area contributed by atoms with E-state index in [0.29, 0.717) is 0 Å². The maximum absolute atomic E-state index is 12.4. The van der Waals surface area contributed by atoms with Crippen molar-refractivity contribution in [3.05, 3.63) is 0 Å². The van der Waals surface area contributed by atoms with Crippen molar-refractivity contribution in [2.45, 2.75) is 47.6 Å².